The van der Waals surface area contributed by atoms with E-state index in [4.69, 9.17) is 9.47 Å². The largest absolute Gasteiger partial charge is 0.381 e. The lowest BCUT2D eigenvalue weighted by Crippen LogP contribution is -2.53. The van der Waals surface area contributed by atoms with Crippen molar-refractivity contribution in [2.75, 3.05) is 52.6 Å². The van der Waals surface area contributed by atoms with Gasteiger partial charge in [0.1, 0.15) is 0 Å². The van der Waals surface area contributed by atoms with Crippen LogP contribution in [0.4, 0.5) is 4.79 Å². The number of rotatable bonds is 7. The number of hydrogen-bond donors (Lipinski definition) is 2. The minimum atomic E-state index is -0.117. The molecule has 2 aliphatic heterocycles. The Labute approximate surface area is 149 Å². The van der Waals surface area contributed by atoms with Gasteiger partial charge in [0.15, 0.2) is 0 Å². The quantitative estimate of drug-likeness (QED) is 0.757. The molecule has 2 amide bonds. The lowest BCUT2D eigenvalue weighted by atomic mass is 9.97. The second-order valence-electron chi connectivity index (χ2n) is 6.55. The topological polar surface area (TPSA) is 75.7 Å². The van der Waals surface area contributed by atoms with Gasteiger partial charge in [0.25, 0.3) is 0 Å². The second kappa shape index (κ2) is 9.70. The summed E-state index contributed by atoms with van der Waals surface area (Å²) < 4.78 is 11.0. The van der Waals surface area contributed by atoms with Crippen LogP contribution in [-0.4, -0.2) is 74.6 Å². The van der Waals surface area contributed by atoms with Gasteiger partial charge < -0.3 is 20.1 Å². The van der Waals surface area contributed by atoms with Crippen molar-refractivity contribution in [1.29, 1.82) is 0 Å². The summed E-state index contributed by atoms with van der Waals surface area (Å²) >= 11 is 0. The van der Waals surface area contributed by atoms with Crippen LogP contribution in [0.5, 0.6) is 0 Å². The number of hydrogen-bond acceptors (Lipinski definition) is 5. The number of pyridine rings is 1. The third-order valence-electron chi connectivity index (χ3n) is 4.89. The maximum atomic E-state index is 12.1. The monoisotopic (exact) mass is 348 g/mol. The Morgan fingerprint density at radius 3 is 2.84 bits per heavy atom. The van der Waals surface area contributed by atoms with Crippen LogP contribution < -0.4 is 10.6 Å². The van der Waals surface area contributed by atoms with E-state index in [9.17, 15) is 4.79 Å². The summed E-state index contributed by atoms with van der Waals surface area (Å²) in [5, 5.41) is 5.95. The summed E-state index contributed by atoms with van der Waals surface area (Å²) in [6.07, 6.45) is 3.56. The number of aromatic nitrogens is 1. The fraction of sp³-hybridized carbons (Fsp3) is 0.667. The molecule has 2 saturated heterocycles. The number of carbonyl (C=O) groups is 1. The van der Waals surface area contributed by atoms with Crippen LogP contribution in [-0.2, 0) is 15.9 Å². The molecule has 0 bridgehead atoms. The molecule has 0 spiro atoms. The van der Waals surface area contributed by atoms with Crippen LogP contribution in [0.1, 0.15) is 12.1 Å². The zero-order chi connectivity index (χ0) is 17.3. The van der Waals surface area contributed by atoms with Gasteiger partial charge in [0.2, 0.25) is 0 Å². The number of nitrogens with one attached hydrogen (secondary N) is 2. The highest BCUT2D eigenvalue weighted by Gasteiger charge is 2.31. The van der Waals surface area contributed by atoms with E-state index in [1.165, 1.54) is 0 Å². The number of morpholine rings is 1. The van der Waals surface area contributed by atoms with Crippen LogP contribution in [0.15, 0.2) is 24.4 Å². The molecule has 2 fully saturated rings. The first-order valence-electron chi connectivity index (χ1n) is 9.14. The van der Waals surface area contributed by atoms with Gasteiger partial charge in [-0.2, -0.15) is 0 Å². The van der Waals surface area contributed by atoms with E-state index in [0.29, 0.717) is 25.0 Å². The van der Waals surface area contributed by atoms with Crippen molar-refractivity contribution in [3.8, 4) is 0 Å². The smallest absolute Gasteiger partial charge is 0.314 e. The molecular weight excluding hydrogens is 320 g/mol. The highest BCUT2D eigenvalue weighted by Crippen LogP contribution is 2.21. The fourth-order valence-electron chi connectivity index (χ4n) is 3.47. The minimum Gasteiger partial charge on any atom is -0.381 e. The van der Waals surface area contributed by atoms with Gasteiger partial charge in [0.05, 0.1) is 19.8 Å². The van der Waals surface area contributed by atoms with E-state index >= 15 is 0 Å². The van der Waals surface area contributed by atoms with Gasteiger partial charge >= 0.3 is 6.03 Å². The normalized spacial score (nSPS) is 22.5. The summed E-state index contributed by atoms with van der Waals surface area (Å²) in [7, 11) is 0. The van der Waals surface area contributed by atoms with Crippen LogP contribution in [0.25, 0.3) is 0 Å². The molecule has 2 N–H and O–H groups in total. The van der Waals surface area contributed by atoms with Gasteiger partial charge in [-0.25, -0.2) is 4.79 Å². The van der Waals surface area contributed by atoms with E-state index in [2.05, 4.69) is 20.5 Å². The SMILES string of the molecule is O=C(NCCc1ccccn1)NC[C@@H]([C@@H]1CCOC1)N1CCOCC1. The molecule has 25 heavy (non-hydrogen) atoms. The predicted molar refractivity (Wildman–Crippen MR) is 94.4 cm³/mol. The van der Waals surface area contributed by atoms with Gasteiger partial charge in [0, 0.05) is 63.1 Å². The Morgan fingerprint density at radius 1 is 1.24 bits per heavy atom. The standard InChI is InChI=1S/C18H28N4O3/c23-18(20-7-4-16-3-1-2-6-19-16)21-13-17(15-5-10-25-14-15)22-8-11-24-12-9-22/h1-3,6,15,17H,4-5,7-14H2,(H2,20,21,23)/t15-,17+/m1/s1. The van der Waals surface area contributed by atoms with Crippen molar-refractivity contribution >= 4 is 6.03 Å². The van der Waals surface area contributed by atoms with Gasteiger partial charge in [-0.15, -0.1) is 0 Å². The highest BCUT2D eigenvalue weighted by molar-refractivity contribution is 5.73. The van der Waals surface area contributed by atoms with E-state index < -0.39 is 0 Å². The summed E-state index contributed by atoms with van der Waals surface area (Å²) in [5.74, 6) is 0.479. The lowest BCUT2D eigenvalue weighted by molar-refractivity contribution is 0.00213. The summed E-state index contributed by atoms with van der Waals surface area (Å²) in [5.41, 5.74) is 0.983. The van der Waals surface area contributed by atoms with E-state index in [1.807, 2.05) is 18.2 Å². The third-order valence-corrected chi connectivity index (χ3v) is 4.89. The first kappa shape index (κ1) is 18.1. The fourth-order valence-corrected chi connectivity index (χ4v) is 3.47. The van der Waals surface area contributed by atoms with Crippen molar-refractivity contribution in [2.24, 2.45) is 5.92 Å². The van der Waals surface area contributed by atoms with Gasteiger partial charge in [-0.05, 0) is 18.6 Å². The van der Waals surface area contributed by atoms with Crippen molar-refractivity contribution in [3.63, 3.8) is 0 Å². The molecule has 3 rings (SSSR count). The number of amides is 2. The van der Waals surface area contributed by atoms with E-state index in [0.717, 1.165) is 58.1 Å². The Bertz CT molecular complexity index is 516. The van der Waals surface area contributed by atoms with Gasteiger partial charge in [-0.3, -0.25) is 9.88 Å². The van der Waals surface area contributed by atoms with Crippen LogP contribution in [0, 0.1) is 5.92 Å². The summed E-state index contributed by atoms with van der Waals surface area (Å²) in [4.78, 5) is 18.8. The maximum Gasteiger partial charge on any atom is 0.314 e. The summed E-state index contributed by atoms with van der Waals surface area (Å²) in [6, 6.07) is 6.01. The van der Waals surface area contributed by atoms with E-state index in [1.54, 1.807) is 6.20 Å². The highest BCUT2D eigenvalue weighted by atomic mass is 16.5. The molecule has 7 nitrogen and oxygen atoms in total. The molecule has 0 saturated carbocycles. The molecule has 0 unspecified atom stereocenters. The van der Waals surface area contributed by atoms with Gasteiger partial charge in [-0.1, -0.05) is 6.07 Å². The lowest BCUT2D eigenvalue weighted by Gasteiger charge is -2.37. The molecule has 3 heterocycles. The average molecular weight is 348 g/mol. The summed E-state index contributed by atoms with van der Waals surface area (Å²) in [6.45, 7) is 6.20. The molecule has 1 aromatic rings. The molecule has 138 valence electrons. The first-order valence-corrected chi connectivity index (χ1v) is 9.14. The molecule has 1 aromatic heterocycles. The number of ether oxygens (including phenoxy) is 2. The molecular formula is C18H28N4O3. The Balaban J connectivity index is 1.42. The Hall–Kier alpha value is -1.70. The van der Waals surface area contributed by atoms with Crippen molar-refractivity contribution in [3.05, 3.63) is 30.1 Å². The van der Waals surface area contributed by atoms with Crippen molar-refractivity contribution in [1.82, 2.24) is 20.5 Å². The molecule has 7 heteroatoms. The minimum absolute atomic E-state index is 0.117. The first-order chi connectivity index (χ1) is 12.3. The molecule has 0 aliphatic carbocycles. The molecule has 0 radical (unpaired) electrons. The number of urea groups is 1. The van der Waals surface area contributed by atoms with Crippen LogP contribution in [0.3, 0.4) is 0 Å². The number of carbonyl (C=O) groups excluding carboxylic acids is 1. The molecule has 2 atom stereocenters. The zero-order valence-corrected chi connectivity index (χ0v) is 14.7. The third kappa shape index (κ3) is 5.66. The maximum absolute atomic E-state index is 12.1. The van der Waals surface area contributed by atoms with Crippen LogP contribution >= 0.6 is 0 Å². The Kier molecular flexibility index (Phi) is 7.02. The van der Waals surface area contributed by atoms with Crippen LogP contribution in [0.2, 0.25) is 0 Å². The van der Waals surface area contributed by atoms with Crippen molar-refractivity contribution < 1.29 is 14.3 Å². The predicted octanol–water partition coefficient (Wildman–Crippen LogP) is 0.661. The number of nitrogens with zero attached hydrogens (tertiary/aromatic N) is 2. The Morgan fingerprint density at radius 2 is 2.12 bits per heavy atom. The molecule has 2 aliphatic rings. The zero-order valence-electron chi connectivity index (χ0n) is 14.7. The van der Waals surface area contributed by atoms with Crippen molar-refractivity contribution in [2.45, 2.75) is 18.9 Å². The molecule has 0 aromatic carbocycles. The van der Waals surface area contributed by atoms with E-state index in [-0.39, 0.29) is 6.03 Å². The average Bonchev–Trinajstić information content (AvgIpc) is 3.18. The second-order valence-corrected chi connectivity index (χ2v) is 6.55.